The normalized spacial score (nSPS) is 20.9. The van der Waals surface area contributed by atoms with E-state index in [0.717, 1.165) is 35.2 Å². The van der Waals surface area contributed by atoms with Gasteiger partial charge in [0.2, 0.25) is 47.3 Å². The molecule has 760 valence electrons. The number of aliphatic hydroxyl groups is 1. The molecule has 2 aliphatic heterocycles. The molecular weight excluding hydrogens is 1820 g/mol. The number of carbonyl (C=O) groups is 12. The summed E-state index contributed by atoms with van der Waals surface area (Å²) < 4.78 is 107. The Hall–Kier alpha value is -10.7. The molecular formula is C94H134N14O29S. The fraction of sp³-hybridized carbons (Fsp3) is 0.617. The summed E-state index contributed by atoms with van der Waals surface area (Å²) in [5.41, 5.74) is 8.79. The zero-order valence-electron chi connectivity index (χ0n) is 79.0. The Labute approximate surface area is 802 Å². The minimum absolute atomic E-state index is 0.0223. The number of nitrogens with zero attached hydrogens (tertiary/aromatic N) is 4. The van der Waals surface area contributed by atoms with Gasteiger partial charge in [-0.2, -0.15) is 8.42 Å². The van der Waals surface area contributed by atoms with Gasteiger partial charge in [0.05, 0.1) is 168 Å². The van der Waals surface area contributed by atoms with Crippen molar-refractivity contribution in [3.05, 3.63) is 108 Å². The highest BCUT2D eigenvalue weighted by molar-refractivity contribution is 7.85. The highest BCUT2D eigenvalue weighted by atomic mass is 32.2. The maximum Gasteiger partial charge on any atom is 0.407 e. The van der Waals surface area contributed by atoms with Gasteiger partial charge in [0.1, 0.15) is 44.3 Å². The Bertz CT molecular complexity index is 4910. The smallest absolute Gasteiger partial charge is 0.407 e. The Morgan fingerprint density at radius 1 is 0.645 bits per heavy atom. The molecule has 6 aliphatic rings. The van der Waals surface area contributed by atoms with Crippen LogP contribution in [0.15, 0.2) is 96.6 Å². The molecule has 44 heteroatoms. The molecule has 3 heterocycles. The number of primary amides is 1. The topological polar surface area (TPSA) is 568 Å². The maximum atomic E-state index is 14.6. The summed E-state index contributed by atoms with van der Waals surface area (Å²) in [4.78, 5) is 158. The first-order valence-electron chi connectivity index (χ1n) is 47.0. The number of fused-ring (bicyclic) bond motifs is 12. The monoisotopic (exact) mass is 1950 g/mol. The zero-order valence-corrected chi connectivity index (χ0v) is 79.9. The summed E-state index contributed by atoms with van der Waals surface area (Å²) in [6, 6.07) is 18.5. The number of anilines is 2. The number of carbonyl (C=O) groups excluding carboxylic acids is 12. The molecule has 43 nitrogen and oxygen atoms in total. The maximum absolute atomic E-state index is 14.6. The largest absolute Gasteiger partial charge is 0.445 e. The van der Waals surface area contributed by atoms with Crippen LogP contribution < -0.4 is 58.5 Å². The third kappa shape index (κ3) is 32.4. The first kappa shape index (κ1) is 109. The van der Waals surface area contributed by atoms with Crippen LogP contribution in [-0.4, -0.2) is 311 Å². The second kappa shape index (κ2) is 55.3. The molecule has 11 amide bonds. The first-order valence-corrected chi connectivity index (χ1v) is 48.7. The van der Waals surface area contributed by atoms with Gasteiger partial charge in [-0.25, -0.2) is 14.3 Å². The van der Waals surface area contributed by atoms with E-state index in [1.165, 1.54) is 12.1 Å². The Kier molecular flexibility index (Phi) is 43.8. The van der Waals surface area contributed by atoms with E-state index in [-0.39, 0.29) is 198 Å². The van der Waals surface area contributed by atoms with E-state index in [1.54, 1.807) is 47.7 Å². The number of alkyl carbamates (subject to hydrolysis) is 1. The molecule has 3 aromatic carbocycles. The van der Waals surface area contributed by atoms with Crippen LogP contribution in [0.3, 0.4) is 0 Å². The number of para-hydroxylation sites is 1. The minimum atomic E-state index is -4.15. The molecule has 0 spiro atoms. The van der Waals surface area contributed by atoms with Crippen molar-refractivity contribution in [1.29, 1.82) is 0 Å². The lowest BCUT2D eigenvalue weighted by atomic mass is 9.46. The second-order valence-electron chi connectivity index (χ2n) is 35.0. The molecule has 11 atom stereocenters. The van der Waals surface area contributed by atoms with Gasteiger partial charge in [0, 0.05) is 78.9 Å². The second-order valence-corrected chi connectivity index (χ2v) is 36.6. The van der Waals surface area contributed by atoms with Gasteiger partial charge < -0.3 is 125 Å². The number of hydrogen-bond donors (Lipinski definition) is 12. The summed E-state index contributed by atoms with van der Waals surface area (Å²) in [6.45, 7) is 12.9. The third-order valence-electron chi connectivity index (χ3n) is 25.0. The van der Waals surface area contributed by atoms with Crippen LogP contribution in [0.5, 0.6) is 0 Å². The number of benzene rings is 3. The highest BCUT2D eigenvalue weighted by Crippen LogP contribution is 2.70. The summed E-state index contributed by atoms with van der Waals surface area (Å²) in [5, 5.41) is 44.3. The number of rotatable bonds is 62. The third-order valence-corrected chi connectivity index (χ3v) is 25.8. The highest BCUT2D eigenvalue weighted by Gasteiger charge is 2.76. The predicted molar refractivity (Wildman–Crippen MR) is 497 cm³/mol. The summed E-state index contributed by atoms with van der Waals surface area (Å²) >= 11 is 0. The Morgan fingerprint density at radius 3 is 1.90 bits per heavy atom. The van der Waals surface area contributed by atoms with Gasteiger partial charge in [-0.3, -0.25) is 52.5 Å². The number of Topliss-reactive ketones (excluding diaryl/α,β-unsaturated/α-hetero) is 1. The van der Waals surface area contributed by atoms with Gasteiger partial charge >= 0.3 is 12.1 Å². The van der Waals surface area contributed by atoms with Gasteiger partial charge in [-0.1, -0.05) is 112 Å². The van der Waals surface area contributed by atoms with E-state index in [1.807, 2.05) is 68.5 Å². The number of ketones is 2. The number of amides is 11. The number of urea groups is 1. The number of allylic oxidation sites excluding steroid dienone is 4. The number of nitrogens with one attached hydrogen (secondary N) is 9. The first-order chi connectivity index (χ1) is 66.4. The molecule has 13 N–H and O–H groups in total. The molecule has 1 saturated heterocycles. The number of nitrogens with two attached hydrogens (primary N) is 1. The van der Waals surface area contributed by atoms with Crippen molar-refractivity contribution in [3.63, 3.8) is 0 Å². The lowest BCUT2D eigenvalue weighted by Gasteiger charge is -2.59. The van der Waals surface area contributed by atoms with E-state index in [2.05, 4.69) is 65.1 Å². The number of hydrogen-bond acceptors (Lipinski definition) is 30. The average molecular weight is 1960 g/mol. The van der Waals surface area contributed by atoms with Crippen LogP contribution in [-0.2, 0) is 139 Å². The fourth-order valence-corrected chi connectivity index (χ4v) is 18.7. The summed E-state index contributed by atoms with van der Waals surface area (Å²) in [5.74, 6) is -5.56. The molecule has 3 saturated carbocycles. The quantitative estimate of drug-likeness (QED) is 0.0172. The minimum Gasteiger partial charge on any atom is -0.445 e. The SMILES string of the molecule is CCCC1O[C@@H]2C[C@H]3[C@@H]4CCC5=CC(=O)C=C[C@]5(C)[C@H]4[C@@H](O)C[C@]3(C)[C@]2(C(=O)COCNC(=O)CNC(=O)CNC(=O)OCc2ccc(NC(=O)[C@H](CCCNC(N)=O)NC(=O)[C@@H](NC(=O)CCOCCOCCOCCOCCOCCNC(=O)CCC(=O)N3Cc4ccccc4-c4c(nnn4CCOCCOCCOCCOCCC(=O)NCCS(=O)(=O)O)-c4ccccc43)C(C)C)cc2)O1. The lowest BCUT2D eigenvalue weighted by molar-refractivity contribution is -0.201. The van der Waals surface area contributed by atoms with Crippen LogP contribution in [0, 0.1) is 34.5 Å². The Balaban J connectivity index is 0.524. The standard InChI is InChI=1S/C94H134N14O29S/c1-6-12-83-136-76-54-71-69-23-20-65-53-67(109)26-29-92(65,4)84(69)74(110)55-93(71,5)94(76,137-83)75(111)60-134-61-101-81(116)56-99-80(115)57-100-91(121)135-59-63-18-21-66(22-19-63)102-88(118)72(16-11-30-98-90(95)120)103-89(119)85(62(2)3)104-79(114)28-35-126-39-43-130-47-50-133-51-48-131-44-40-127-36-31-96-77(112)24-25-82(117)107-58-64-13-7-8-14-68(64)87-86(70-15-9-10-17-73(70)107)105-106-108(87)33-37-128-41-45-132-49-46-129-42-38-125-34-27-78(113)97-32-52-138(122,123)124/h7-10,13-15,17-19,21-22,26,29,53,62,69,71-72,74,76,83-85,110H,6,11-12,16,20,23-25,27-28,30-52,54-61H2,1-5H3,(H,96,112)(H,97,113)(H,99,115)(H,100,121)(H,101,116)(H,102,118)(H,103,119)(H,104,114)(H3,95,98,120)(H,122,123,124)/t69-,71-,72-,74-,76+,83?,84+,85-,92-,93-,94+/m0/s1. The number of ether oxygens (including phenoxy) is 13. The molecule has 10 rings (SSSR count). The van der Waals surface area contributed by atoms with Crippen molar-refractivity contribution >= 4 is 92.4 Å². The van der Waals surface area contributed by atoms with Crippen LogP contribution in [0.1, 0.15) is 123 Å². The molecule has 1 aromatic heterocycles. The van der Waals surface area contributed by atoms with Crippen LogP contribution in [0.25, 0.3) is 22.5 Å². The van der Waals surface area contributed by atoms with Gasteiger partial charge in [-0.15, -0.1) is 5.10 Å². The zero-order chi connectivity index (χ0) is 99.0. The van der Waals surface area contributed by atoms with E-state index >= 15 is 0 Å². The van der Waals surface area contributed by atoms with Crippen LogP contribution >= 0.6 is 0 Å². The van der Waals surface area contributed by atoms with E-state index in [4.69, 9.17) is 71.9 Å². The van der Waals surface area contributed by atoms with E-state index in [0.29, 0.717) is 100 Å². The number of aliphatic hydroxyl groups excluding tert-OH is 1. The summed E-state index contributed by atoms with van der Waals surface area (Å²) in [7, 11) is -4.15. The lowest BCUT2D eigenvalue weighted by Crippen LogP contribution is -2.63. The van der Waals surface area contributed by atoms with E-state index in [9.17, 15) is 71.1 Å². The fourth-order valence-electron chi connectivity index (χ4n) is 18.3. The van der Waals surface area contributed by atoms with E-state index < -0.39 is 136 Å². The molecule has 138 heavy (non-hydrogen) atoms. The van der Waals surface area contributed by atoms with Gasteiger partial charge in [-0.05, 0) is 104 Å². The molecule has 1 unspecified atom stereocenters. The van der Waals surface area contributed by atoms with Crippen molar-refractivity contribution in [1.82, 2.24) is 57.5 Å². The average Bonchev–Trinajstić information content (AvgIpc) is 1.49. The molecule has 0 bridgehead atoms. The molecule has 4 fully saturated rings. The Morgan fingerprint density at radius 2 is 1.25 bits per heavy atom. The molecule has 4 aromatic rings. The van der Waals surface area contributed by atoms with Gasteiger partial charge in [0.25, 0.3) is 10.1 Å². The van der Waals surface area contributed by atoms with Crippen LogP contribution in [0.2, 0.25) is 0 Å². The van der Waals surface area contributed by atoms with Crippen LogP contribution in [0.4, 0.5) is 21.0 Å². The van der Waals surface area contributed by atoms with Gasteiger partial charge in [0.15, 0.2) is 23.5 Å². The van der Waals surface area contributed by atoms with Crippen molar-refractivity contribution in [3.8, 4) is 22.5 Å². The van der Waals surface area contributed by atoms with Crippen molar-refractivity contribution < 1.29 is 137 Å². The summed E-state index contributed by atoms with van der Waals surface area (Å²) in [6.07, 6.45) is 6.03. The van der Waals surface area contributed by atoms with Crippen molar-refractivity contribution in [2.24, 2.45) is 40.2 Å². The van der Waals surface area contributed by atoms with Crippen molar-refractivity contribution in [2.75, 3.05) is 181 Å². The molecule has 4 aliphatic carbocycles. The van der Waals surface area contributed by atoms with Crippen molar-refractivity contribution in [2.45, 2.75) is 168 Å². The predicted octanol–water partition coefficient (Wildman–Crippen LogP) is 3.17. The number of aromatic nitrogens is 3. The molecule has 0 radical (unpaired) electrons.